The molecule has 6 heteroatoms. The van der Waals surface area contributed by atoms with Crippen LogP contribution in [0.5, 0.6) is 0 Å². The van der Waals surface area contributed by atoms with Gasteiger partial charge < -0.3 is 20.3 Å². The predicted molar refractivity (Wildman–Crippen MR) is 92.2 cm³/mol. The number of aliphatic hydroxyl groups is 1. The van der Waals surface area contributed by atoms with Gasteiger partial charge in [-0.25, -0.2) is 9.59 Å². The maximum Gasteiger partial charge on any atom is 0.338 e. The summed E-state index contributed by atoms with van der Waals surface area (Å²) >= 11 is 0. The van der Waals surface area contributed by atoms with Crippen LogP contribution in [0.15, 0.2) is 24.3 Å². The molecule has 0 spiro atoms. The van der Waals surface area contributed by atoms with Gasteiger partial charge in [0.15, 0.2) is 6.10 Å². The lowest BCUT2D eigenvalue weighted by Crippen LogP contribution is -2.26. The molecule has 0 aliphatic rings. The van der Waals surface area contributed by atoms with Crippen LogP contribution in [-0.4, -0.2) is 41.4 Å². The SMILES string of the molecule is CCCCCCCCNc1ccc(C(=O)OCC(O)C(=O)O)cc1. The van der Waals surface area contributed by atoms with E-state index in [0.717, 1.165) is 18.7 Å². The van der Waals surface area contributed by atoms with E-state index in [1.54, 1.807) is 24.3 Å². The summed E-state index contributed by atoms with van der Waals surface area (Å²) < 4.78 is 4.75. The van der Waals surface area contributed by atoms with Crippen LogP contribution in [0.1, 0.15) is 55.8 Å². The van der Waals surface area contributed by atoms with E-state index in [-0.39, 0.29) is 0 Å². The Morgan fingerprint density at radius 1 is 1.08 bits per heavy atom. The first-order valence-corrected chi connectivity index (χ1v) is 8.46. The molecule has 1 rings (SSSR count). The Hall–Kier alpha value is -2.08. The molecule has 0 aliphatic heterocycles. The van der Waals surface area contributed by atoms with Gasteiger partial charge in [0.2, 0.25) is 0 Å². The molecule has 1 aromatic carbocycles. The lowest BCUT2D eigenvalue weighted by atomic mass is 10.1. The first-order valence-electron chi connectivity index (χ1n) is 8.46. The van der Waals surface area contributed by atoms with E-state index >= 15 is 0 Å². The first-order chi connectivity index (χ1) is 11.5. The summed E-state index contributed by atoms with van der Waals surface area (Å²) in [6, 6.07) is 6.78. The number of carbonyl (C=O) groups is 2. The van der Waals surface area contributed by atoms with Gasteiger partial charge in [-0.05, 0) is 30.7 Å². The van der Waals surface area contributed by atoms with Crippen LogP contribution in [0.2, 0.25) is 0 Å². The van der Waals surface area contributed by atoms with E-state index in [1.807, 2.05) is 0 Å². The van der Waals surface area contributed by atoms with Gasteiger partial charge in [-0.2, -0.15) is 0 Å². The molecule has 0 saturated carbocycles. The largest absolute Gasteiger partial charge is 0.479 e. The number of ether oxygens (including phenoxy) is 1. The monoisotopic (exact) mass is 337 g/mol. The standard InChI is InChI=1S/C18H27NO5/c1-2-3-4-5-6-7-12-19-15-10-8-14(9-11-15)18(23)24-13-16(20)17(21)22/h8-11,16,19-20H,2-7,12-13H2,1H3,(H,21,22). The number of unbranched alkanes of at least 4 members (excludes halogenated alkanes) is 5. The van der Waals surface area contributed by atoms with Crippen molar-refractivity contribution in [3.05, 3.63) is 29.8 Å². The molecule has 0 radical (unpaired) electrons. The van der Waals surface area contributed by atoms with Crippen molar-refractivity contribution in [1.82, 2.24) is 0 Å². The minimum atomic E-state index is -1.70. The normalized spacial score (nSPS) is 11.8. The van der Waals surface area contributed by atoms with Gasteiger partial charge >= 0.3 is 11.9 Å². The Kier molecular flexibility index (Phi) is 9.53. The quantitative estimate of drug-likeness (QED) is 0.401. The molecule has 1 unspecified atom stereocenters. The Bertz CT molecular complexity index is 501. The average Bonchev–Trinajstić information content (AvgIpc) is 2.59. The second kappa shape index (κ2) is 11.5. The van der Waals surface area contributed by atoms with Gasteiger partial charge in [0.1, 0.15) is 6.61 Å². The number of hydrogen-bond donors (Lipinski definition) is 3. The van der Waals surface area contributed by atoms with Gasteiger partial charge in [0, 0.05) is 12.2 Å². The van der Waals surface area contributed by atoms with Crippen molar-refractivity contribution < 1.29 is 24.5 Å². The summed E-state index contributed by atoms with van der Waals surface area (Å²) in [6.07, 6.45) is 5.74. The van der Waals surface area contributed by atoms with Crippen LogP contribution in [0.4, 0.5) is 5.69 Å². The van der Waals surface area contributed by atoms with Gasteiger partial charge in [-0.3, -0.25) is 0 Å². The van der Waals surface area contributed by atoms with Crippen LogP contribution in [0.3, 0.4) is 0 Å². The molecule has 3 N–H and O–H groups in total. The van der Waals surface area contributed by atoms with Gasteiger partial charge in [-0.15, -0.1) is 0 Å². The summed E-state index contributed by atoms with van der Waals surface area (Å²) in [6.45, 7) is 2.53. The van der Waals surface area contributed by atoms with Crippen molar-refractivity contribution in [2.24, 2.45) is 0 Å². The van der Waals surface area contributed by atoms with Crippen LogP contribution in [0, 0.1) is 0 Å². The highest BCUT2D eigenvalue weighted by molar-refractivity contribution is 5.90. The zero-order valence-corrected chi connectivity index (χ0v) is 14.2. The summed E-state index contributed by atoms with van der Waals surface area (Å²) in [4.78, 5) is 22.2. The Morgan fingerprint density at radius 2 is 1.71 bits per heavy atom. The number of nitrogens with one attached hydrogen (secondary N) is 1. The second-order valence-corrected chi connectivity index (χ2v) is 5.72. The molecule has 6 nitrogen and oxygen atoms in total. The maximum atomic E-state index is 11.7. The number of aliphatic carboxylic acids is 1. The third-order valence-corrected chi connectivity index (χ3v) is 3.64. The molecule has 0 aromatic heterocycles. The number of carboxylic acid groups (broad SMARTS) is 1. The topological polar surface area (TPSA) is 95.9 Å². The Labute approximate surface area is 142 Å². The molecule has 24 heavy (non-hydrogen) atoms. The highest BCUT2D eigenvalue weighted by atomic mass is 16.5. The average molecular weight is 337 g/mol. The number of esters is 1. The molecule has 0 fully saturated rings. The summed E-state index contributed by atoms with van der Waals surface area (Å²) in [7, 11) is 0. The smallest absolute Gasteiger partial charge is 0.338 e. The maximum absolute atomic E-state index is 11.7. The predicted octanol–water partition coefficient (Wildman–Crippen LogP) is 3.06. The number of anilines is 1. The number of carboxylic acids is 1. The summed E-state index contributed by atoms with van der Waals surface area (Å²) in [5.41, 5.74) is 1.24. The van der Waals surface area contributed by atoms with Crippen molar-refractivity contribution in [2.45, 2.75) is 51.6 Å². The summed E-state index contributed by atoms with van der Waals surface area (Å²) in [5, 5.41) is 20.9. The van der Waals surface area contributed by atoms with Crippen molar-refractivity contribution in [1.29, 1.82) is 0 Å². The van der Waals surface area contributed by atoms with Crippen molar-refractivity contribution >= 4 is 17.6 Å². The molecule has 0 heterocycles. The fourth-order valence-corrected chi connectivity index (χ4v) is 2.17. The number of aliphatic hydroxyl groups excluding tert-OH is 1. The highest BCUT2D eigenvalue weighted by Gasteiger charge is 2.16. The molecule has 1 atom stereocenters. The van der Waals surface area contributed by atoms with Gasteiger partial charge in [0.25, 0.3) is 0 Å². The van der Waals surface area contributed by atoms with E-state index < -0.39 is 24.6 Å². The van der Waals surface area contributed by atoms with E-state index in [1.165, 1.54) is 32.1 Å². The van der Waals surface area contributed by atoms with E-state index in [4.69, 9.17) is 14.9 Å². The minimum absolute atomic E-state index is 0.317. The molecule has 134 valence electrons. The number of benzene rings is 1. The summed E-state index contributed by atoms with van der Waals surface area (Å²) in [5.74, 6) is -2.07. The zero-order chi connectivity index (χ0) is 17.8. The van der Waals surface area contributed by atoms with E-state index in [0.29, 0.717) is 5.56 Å². The molecule has 0 amide bonds. The minimum Gasteiger partial charge on any atom is -0.479 e. The van der Waals surface area contributed by atoms with E-state index in [9.17, 15) is 9.59 Å². The van der Waals surface area contributed by atoms with Gasteiger partial charge in [0.05, 0.1) is 5.56 Å². The molecule has 0 aliphatic carbocycles. The molecular weight excluding hydrogens is 310 g/mol. The number of hydrogen-bond acceptors (Lipinski definition) is 5. The first kappa shape index (κ1) is 20.0. The fourth-order valence-electron chi connectivity index (χ4n) is 2.17. The van der Waals surface area contributed by atoms with Crippen LogP contribution < -0.4 is 5.32 Å². The fraction of sp³-hybridized carbons (Fsp3) is 0.556. The second-order valence-electron chi connectivity index (χ2n) is 5.72. The lowest BCUT2D eigenvalue weighted by molar-refractivity contribution is -0.148. The van der Waals surface area contributed by atoms with Crippen molar-refractivity contribution in [3.8, 4) is 0 Å². The Morgan fingerprint density at radius 3 is 2.33 bits per heavy atom. The van der Waals surface area contributed by atoms with Crippen LogP contribution in [0.25, 0.3) is 0 Å². The lowest BCUT2D eigenvalue weighted by Gasteiger charge is -2.09. The van der Waals surface area contributed by atoms with Crippen molar-refractivity contribution in [2.75, 3.05) is 18.5 Å². The molecule has 0 saturated heterocycles. The number of carbonyl (C=O) groups excluding carboxylic acids is 1. The van der Waals surface area contributed by atoms with Crippen LogP contribution >= 0.6 is 0 Å². The van der Waals surface area contributed by atoms with E-state index in [2.05, 4.69) is 12.2 Å². The van der Waals surface area contributed by atoms with Gasteiger partial charge in [-0.1, -0.05) is 39.0 Å². The van der Waals surface area contributed by atoms with Crippen LogP contribution in [-0.2, 0) is 9.53 Å². The molecule has 1 aromatic rings. The molecular formula is C18H27NO5. The highest BCUT2D eigenvalue weighted by Crippen LogP contribution is 2.12. The Balaban J connectivity index is 2.27. The third kappa shape index (κ3) is 7.97. The van der Waals surface area contributed by atoms with Crippen molar-refractivity contribution in [3.63, 3.8) is 0 Å². The third-order valence-electron chi connectivity index (χ3n) is 3.64. The number of rotatable bonds is 12. The molecule has 0 bridgehead atoms. The zero-order valence-electron chi connectivity index (χ0n) is 14.2.